The highest BCUT2D eigenvalue weighted by atomic mass is 32.2. The van der Waals surface area contributed by atoms with Gasteiger partial charge in [0.25, 0.3) is 10.1 Å². The van der Waals surface area contributed by atoms with Crippen LogP contribution in [0.4, 0.5) is 0 Å². The van der Waals surface area contributed by atoms with Crippen LogP contribution in [0.5, 0.6) is 0 Å². The molecule has 0 aliphatic rings. The van der Waals surface area contributed by atoms with Crippen molar-refractivity contribution in [1.82, 2.24) is 0 Å². The maximum Gasteiger partial charge on any atom is 0.264 e. The van der Waals surface area contributed by atoms with Crippen molar-refractivity contribution < 1.29 is 41.6 Å². The predicted molar refractivity (Wildman–Crippen MR) is 192 cm³/mol. The summed E-state index contributed by atoms with van der Waals surface area (Å²) in [5.74, 6) is -0.149. The number of hydrogen-bond donors (Lipinski definition) is 0. The van der Waals surface area contributed by atoms with Crippen LogP contribution in [-0.2, 0) is 43.3 Å². The molecule has 10 heteroatoms. The Balaban J connectivity index is 4.06. The van der Waals surface area contributed by atoms with Crippen molar-refractivity contribution in [2.45, 2.75) is 181 Å². The first-order chi connectivity index (χ1) is 22.9. The summed E-state index contributed by atoms with van der Waals surface area (Å²) in [5, 5.41) is 0. The fraction of sp³-hybridized carbons (Fsp3) is 1.00. The van der Waals surface area contributed by atoms with E-state index in [0.29, 0.717) is 39.0 Å². The van der Waals surface area contributed by atoms with E-state index in [-0.39, 0.29) is 25.2 Å². The zero-order valence-corrected chi connectivity index (χ0v) is 32.1. The van der Waals surface area contributed by atoms with Crippen molar-refractivity contribution in [2.75, 3.05) is 52.5 Å². The van der Waals surface area contributed by atoms with E-state index in [9.17, 15) is 8.42 Å². The average molecular weight is 697 g/mol. The highest BCUT2D eigenvalue weighted by molar-refractivity contribution is 7.85. The lowest BCUT2D eigenvalue weighted by atomic mass is 10.0. The normalized spacial score (nSPS) is 14.1. The molecule has 47 heavy (non-hydrogen) atoms. The Hall–Kier alpha value is -0.330. The quantitative estimate of drug-likeness (QED) is 0.0269. The summed E-state index contributed by atoms with van der Waals surface area (Å²) < 4.78 is 40.1. The number of ether oxygens (including phenoxy) is 2. The Morgan fingerprint density at radius 1 is 0.468 bits per heavy atom. The molecule has 284 valence electrons. The van der Waals surface area contributed by atoms with Crippen LogP contribution < -0.4 is 0 Å². The van der Waals surface area contributed by atoms with Crippen LogP contribution in [0, 0.1) is 5.92 Å². The molecule has 0 aromatic carbocycles. The molecule has 0 radical (unpaired) electrons. The van der Waals surface area contributed by atoms with Crippen molar-refractivity contribution in [3.8, 4) is 0 Å². The summed E-state index contributed by atoms with van der Waals surface area (Å²) in [6, 6.07) is 0. The fourth-order valence-electron chi connectivity index (χ4n) is 5.20. The van der Waals surface area contributed by atoms with Gasteiger partial charge in [-0.2, -0.15) is 8.42 Å². The number of rotatable bonds is 39. The van der Waals surface area contributed by atoms with Gasteiger partial charge in [-0.15, -0.1) is 0 Å². The van der Waals surface area contributed by atoms with Gasteiger partial charge in [-0.05, 0) is 64.2 Å². The van der Waals surface area contributed by atoms with Crippen LogP contribution >= 0.6 is 0 Å². The van der Waals surface area contributed by atoms with Gasteiger partial charge in [0, 0.05) is 25.7 Å². The van der Waals surface area contributed by atoms with Gasteiger partial charge in [-0.3, -0.25) is 4.18 Å². The standard InChI is InChI=1S/C37H76O9S/c1-6-10-14-17-25-36(23-12-8-3)41-29-20-16-19-28-40-32-27-35(34-45-47(5,38)39)33-44-42-30-21-22-31-43-46-37(24-13-9-4)26-18-15-11-7-2/h35-37H,6-34H2,1-5H3. The Morgan fingerprint density at radius 3 is 1.64 bits per heavy atom. The van der Waals surface area contributed by atoms with Gasteiger partial charge in [-0.1, -0.05) is 105 Å². The monoisotopic (exact) mass is 697 g/mol. The third-order valence-electron chi connectivity index (χ3n) is 8.29. The summed E-state index contributed by atoms with van der Waals surface area (Å²) in [5.41, 5.74) is 0. The molecule has 0 aromatic rings. The van der Waals surface area contributed by atoms with Crippen molar-refractivity contribution in [1.29, 1.82) is 0 Å². The van der Waals surface area contributed by atoms with Crippen LogP contribution in [0.2, 0.25) is 0 Å². The molecule has 0 aliphatic heterocycles. The van der Waals surface area contributed by atoms with E-state index in [1.54, 1.807) is 0 Å². The molecule has 0 heterocycles. The molecular weight excluding hydrogens is 620 g/mol. The lowest BCUT2D eigenvalue weighted by molar-refractivity contribution is -0.329. The van der Waals surface area contributed by atoms with E-state index < -0.39 is 10.1 Å². The number of hydrogen-bond acceptors (Lipinski definition) is 9. The van der Waals surface area contributed by atoms with Crippen LogP contribution in [-0.4, -0.2) is 73.1 Å². The third kappa shape index (κ3) is 35.3. The minimum atomic E-state index is -3.53. The molecule has 3 unspecified atom stereocenters. The van der Waals surface area contributed by atoms with E-state index in [1.807, 2.05) is 0 Å². The minimum Gasteiger partial charge on any atom is -0.381 e. The molecule has 0 bridgehead atoms. The molecule has 3 atom stereocenters. The summed E-state index contributed by atoms with van der Waals surface area (Å²) in [7, 11) is -3.53. The summed E-state index contributed by atoms with van der Waals surface area (Å²) in [4.78, 5) is 22.0. The summed E-state index contributed by atoms with van der Waals surface area (Å²) in [6.07, 6.45) is 26.3. The van der Waals surface area contributed by atoms with Crippen LogP contribution in [0.15, 0.2) is 0 Å². The zero-order chi connectivity index (χ0) is 34.7. The zero-order valence-electron chi connectivity index (χ0n) is 31.3. The first kappa shape index (κ1) is 46.7. The second-order valence-corrected chi connectivity index (χ2v) is 14.8. The molecule has 0 fully saturated rings. The fourth-order valence-corrected chi connectivity index (χ4v) is 5.64. The highest BCUT2D eigenvalue weighted by Crippen LogP contribution is 2.16. The third-order valence-corrected chi connectivity index (χ3v) is 8.85. The Kier molecular flexibility index (Phi) is 35.2. The molecule has 0 aliphatic carbocycles. The van der Waals surface area contributed by atoms with Gasteiger partial charge < -0.3 is 9.47 Å². The summed E-state index contributed by atoms with van der Waals surface area (Å²) in [6.45, 7) is 12.2. The lowest BCUT2D eigenvalue weighted by Crippen LogP contribution is -2.21. The lowest BCUT2D eigenvalue weighted by Gasteiger charge is -2.18. The Bertz CT molecular complexity index is 681. The number of unbranched alkanes of at least 4 members (excludes halogenated alkanes) is 11. The first-order valence-corrected chi connectivity index (χ1v) is 21.2. The van der Waals surface area contributed by atoms with Gasteiger partial charge in [0.15, 0.2) is 0 Å². The van der Waals surface area contributed by atoms with E-state index in [0.717, 1.165) is 70.7 Å². The van der Waals surface area contributed by atoms with E-state index in [4.69, 9.17) is 33.2 Å². The maximum atomic E-state index is 11.5. The molecule has 9 nitrogen and oxygen atoms in total. The minimum absolute atomic E-state index is 0.0450. The van der Waals surface area contributed by atoms with Crippen LogP contribution in [0.1, 0.15) is 169 Å². The van der Waals surface area contributed by atoms with Crippen molar-refractivity contribution >= 4 is 10.1 Å². The van der Waals surface area contributed by atoms with Gasteiger partial charge in [0.2, 0.25) is 0 Å². The van der Waals surface area contributed by atoms with Crippen LogP contribution in [0.3, 0.4) is 0 Å². The summed E-state index contributed by atoms with van der Waals surface area (Å²) >= 11 is 0. The molecule has 0 saturated carbocycles. The average Bonchev–Trinajstić information content (AvgIpc) is 3.05. The van der Waals surface area contributed by atoms with Gasteiger partial charge in [-0.25, -0.2) is 19.6 Å². The molecule has 0 spiro atoms. The molecule has 0 rings (SSSR count). The maximum absolute atomic E-state index is 11.5. The highest BCUT2D eigenvalue weighted by Gasteiger charge is 2.15. The molecule has 0 amide bonds. The smallest absolute Gasteiger partial charge is 0.264 e. The predicted octanol–water partition coefficient (Wildman–Crippen LogP) is 9.91. The van der Waals surface area contributed by atoms with Crippen molar-refractivity contribution in [3.05, 3.63) is 0 Å². The second kappa shape index (κ2) is 35.5. The SMILES string of the molecule is CCCCCCC(CCCC)OCCCCCOCCC(COOCCCCOOC(CCCC)CCCCCC)COS(C)(=O)=O. The Labute approximate surface area is 290 Å². The second-order valence-electron chi connectivity index (χ2n) is 13.1. The van der Waals surface area contributed by atoms with E-state index in [1.165, 1.54) is 77.0 Å². The molecular formula is C37H76O9S. The van der Waals surface area contributed by atoms with Crippen molar-refractivity contribution in [3.63, 3.8) is 0 Å². The molecule has 0 saturated heterocycles. The van der Waals surface area contributed by atoms with Gasteiger partial charge in [0.05, 0.1) is 44.9 Å². The van der Waals surface area contributed by atoms with E-state index in [2.05, 4.69) is 27.7 Å². The topological polar surface area (TPSA) is 98.8 Å². The largest absolute Gasteiger partial charge is 0.381 e. The van der Waals surface area contributed by atoms with Crippen molar-refractivity contribution in [2.24, 2.45) is 5.92 Å². The van der Waals surface area contributed by atoms with Gasteiger partial charge in [0.1, 0.15) is 0 Å². The van der Waals surface area contributed by atoms with Crippen LogP contribution in [0.25, 0.3) is 0 Å². The van der Waals surface area contributed by atoms with E-state index >= 15 is 0 Å². The molecule has 0 N–H and O–H groups in total. The first-order valence-electron chi connectivity index (χ1n) is 19.4. The molecule has 0 aromatic heterocycles. The van der Waals surface area contributed by atoms with Gasteiger partial charge >= 0.3 is 0 Å². The Morgan fingerprint density at radius 2 is 1.00 bits per heavy atom.